The number of rotatable bonds is 7. The molecule has 8 heteroatoms. The molecule has 112 valence electrons. The van der Waals surface area contributed by atoms with Crippen LogP contribution in [-0.2, 0) is 14.8 Å². The lowest BCUT2D eigenvalue weighted by atomic mass is 10.2. The average Bonchev–Trinajstić information content (AvgIpc) is 2.39. The van der Waals surface area contributed by atoms with Gasteiger partial charge in [-0.2, -0.15) is 4.72 Å². The second-order valence-electron chi connectivity index (χ2n) is 4.16. The van der Waals surface area contributed by atoms with Crippen molar-refractivity contribution in [1.82, 2.24) is 15.6 Å². The summed E-state index contributed by atoms with van der Waals surface area (Å²) in [5.74, 6) is -0.424. The van der Waals surface area contributed by atoms with Crippen molar-refractivity contribution in [3.8, 4) is 0 Å². The van der Waals surface area contributed by atoms with Gasteiger partial charge in [0.1, 0.15) is 6.04 Å². The molecule has 0 aliphatic carbocycles. The zero-order chi connectivity index (χ0) is 15.2. The predicted octanol–water partition coefficient (Wildman–Crippen LogP) is 1.04. The van der Waals surface area contributed by atoms with Gasteiger partial charge in [-0.25, -0.2) is 13.8 Å². The molecule has 1 aromatic rings. The fourth-order valence-electron chi connectivity index (χ4n) is 1.61. The number of carbonyl (C=O) groups is 1. The van der Waals surface area contributed by atoms with E-state index in [1.165, 1.54) is 31.3 Å². The van der Waals surface area contributed by atoms with Crippen LogP contribution < -0.4 is 15.6 Å². The maximum Gasteiger partial charge on any atom is 0.252 e. The number of carbonyl (C=O) groups excluding carboxylic acids is 1. The molecule has 1 amide bonds. The minimum absolute atomic E-state index is 0.0697. The molecule has 0 saturated carbocycles. The van der Waals surface area contributed by atoms with E-state index in [1.54, 1.807) is 0 Å². The third kappa shape index (κ3) is 4.75. The summed E-state index contributed by atoms with van der Waals surface area (Å²) >= 11 is 5.72. The first-order valence-electron chi connectivity index (χ1n) is 6.15. The maximum atomic E-state index is 12.2. The van der Waals surface area contributed by atoms with E-state index in [0.717, 1.165) is 0 Å². The van der Waals surface area contributed by atoms with Crippen LogP contribution in [0.2, 0.25) is 5.02 Å². The Morgan fingerprint density at radius 3 is 2.40 bits per heavy atom. The molecular formula is C12H18ClN3O3S. The molecule has 1 aromatic carbocycles. The lowest BCUT2D eigenvalue weighted by Crippen LogP contribution is -2.49. The highest BCUT2D eigenvalue weighted by molar-refractivity contribution is 7.89. The fourth-order valence-corrected chi connectivity index (χ4v) is 2.97. The molecule has 0 aliphatic rings. The minimum Gasteiger partial charge on any atom is -0.290 e. The van der Waals surface area contributed by atoms with E-state index in [2.05, 4.69) is 15.6 Å². The van der Waals surface area contributed by atoms with Crippen LogP contribution in [0.25, 0.3) is 0 Å². The largest absolute Gasteiger partial charge is 0.290 e. The summed E-state index contributed by atoms with van der Waals surface area (Å²) in [5, 5.41) is 0.446. The van der Waals surface area contributed by atoms with Gasteiger partial charge in [0, 0.05) is 12.1 Å². The van der Waals surface area contributed by atoms with Crippen LogP contribution in [-0.4, -0.2) is 27.4 Å². The van der Waals surface area contributed by atoms with E-state index < -0.39 is 22.0 Å². The average molecular weight is 320 g/mol. The molecule has 0 saturated heterocycles. The van der Waals surface area contributed by atoms with Gasteiger partial charge in [0.15, 0.2) is 0 Å². The Hall–Kier alpha value is -1.15. The second-order valence-corrected chi connectivity index (χ2v) is 6.31. The zero-order valence-electron chi connectivity index (χ0n) is 11.3. The number of sulfonamides is 1. The van der Waals surface area contributed by atoms with Gasteiger partial charge >= 0.3 is 0 Å². The molecule has 20 heavy (non-hydrogen) atoms. The molecule has 1 rings (SSSR count). The molecule has 1 unspecified atom stereocenters. The van der Waals surface area contributed by atoms with Crippen molar-refractivity contribution in [2.24, 2.45) is 0 Å². The lowest BCUT2D eigenvalue weighted by Gasteiger charge is -2.17. The van der Waals surface area contributed by atoms with Crippen LogP contribution >= 0.6 is 11.6 Å². The van der Waals surface area contributed by atoms with Crippen LogP contribution in [0.5, 0.6) is 0 Å². The summed E-state index contributed by atoms with van der Waals surface area (Å²) in [5.41, 5.74) is 4.86. The van der Waals surface area contributed by atoms with E-state index in [0.29, 0.717) is 17.9 Å². The second kappa shape index (κ2) is 7.58. The number of hydrogen-bond donors (Lipinski definition) is 3. The van der Waals surface area contributed by atoms with Crippen LogP contribution in [0.3, 0.4) is 0 Å². The van der Waals surface area contributed by atoms with Crippen LogP contribution in [0.1, 0.15) is 19.8 Å². The van der Waals surface area contributed by atoms with E-state index in [9.17, 15) is 13.2 Å². The molecular weight excluding hydrogens is 302 g/mol. The first kappa shape index (κ1) is 16.9. The van der Waals surface area contributed by atoms with E-state index in [4.69, 9.17) is 11.6 Å². The first-order valence-corrected chi connectivity index (χ1v) is 8.01. The van der Waals surface area contributed by atoms with E-state index in [-0.39, 0.29) is 4.90 Å². The van der Waals surface area contributed by atoms with Crippen molar-refractivity contribution in [1.29, 1.82) is 0 Å². The number of hydrogen-bond acceptors (Lipinski definition) is 4. The number of nitrogens with one attached hydrogen (secondary N) is 3. The van der Waals surface area contributed by atoms with Gasteiger partial charge < -0.3 is 0 Å². The molecule has 0 aromatic heterocycles. The van der Waals surface area contributed by atoms with Gasteiger partial charge in [0.2, 0.25) is 10.0 Å². The fraction of sp³-hybridized carbons (Fsp3) is 0.417. The summed E-state index contributed by atoms with van der Waals surface area (Å²) in [6, 6.07) is 4.93. The summed E-state index contributed by atoms with van der Waals surface area (Å²) in [7, 11) is -2.22. The summed E-state index contributed by atoms with van der Waals surface area (Å²) in [6.45, 7) is 1.87. The minimum atomic E-state index is -3.76. The van der Waals surface area contributed by atoms with Gasteiger partial charge in [-0.3, -0.25) is 10.2 Å². The van der Waals surface area contributed by atoms with Crippen molar-refractivity contribution in [2.45, 2.75) is 30.7 Å². The Labute approximate surface area is 123 Å². The Morgan fingerprint density at radius 2 is 1.90 bits per heavy atom. The van der Waals surface area contributed by atoms with Crippen molar-refractivity contribution in [3.05, 3.63) is 29.3 Å². The number of halogens is 1. The highest BCUT2D eigenvalue weighted by atomic mass is 35.5. The summed E-state index contributed by atoms with van der Waals surface area (Å²) < 4.78 is 26.8. The van der Waals surface area contributed by atoms with Crippen LogP contribution in [0.4, 0.5) is 0 Å². The van der Waals surface area contributed by atoms with E-state index in [1.807, 2.05) is 6.92 Å². The maximum absolute atomic E-state index is 12.2. The third-order valence-electron chi connectivity index (χ3n) is 2.56. The van der Waals surface area contributed by atoms with Gasteiger partial charge in [-0.1, -0.05) is 24.9 Å². The molecule has 0 heterocycles. The molecule has 0 spiro atoms. The quantitative estimate of drug-likeness (QED) is 0.655. The van der Waals surface area contributed by atoms with Crippen molar-refractivity contribution in [3.63, 3.8) is 0 Å². The highest BCUT2D eigenvalue weighted by Crippen LogP contribution is 2.14. The van der Waals surface area contributed by atoms with Crippen LogP contribution in [0, 0.1) is 0 Å². The monoisotopic (exact) mass is 319 g/mol. The lowest BCUT2D eigenvalue weighted by molar-refractivity contribution is -0.123. The topological polar surface area (TPSA) is 87.3 Å². The molecule has 6 nitrogen and oxygen atoms in total. The van der Waals surface area contributed by atoms with E-state index >= 15 is 0 Å². The van der Waals surface area contributed by atoms with Crippen molar-refractivity contribution >= 4 is 27.5 Å². The van der Waals surface area contributed by atoms with Crippen molar-refractivity contribution in [2.75, 3.05) is 7.05 Å². The highest BCUT2D eigenvalue weighted by Gasteiger charge is 2.24. The Balaban J connectivity index is 2.91. The smallest absolute Gasteiger partial charge is 0.252 e. The Kier molecular flexibility index (Phi) is 6.41. The molecule has 0 bridgehead atoms. The summed E-state index contributed by atoms with van der Waals surface area (Å²) in [6.07, 6.45) is 1.07. The molecule has 3 N–H and O–H groups in total. The van der Waals surface area contributed by atoms with Gasteiger partial charge in [0.05, 0.1) is 4.90 Å². The van der Waals surface area contributed by atoms with Gasteiger partial charge in [-0.15, -0.1) is 0 Å². The number of benzene rings is 1. The predicted molar refractivity (Wildman–Crippen MR) is 77.7 cm³/mol. The summed E-state index contributed by atoms with van der Waals surface area (Å²) in [4.78, 5) is 11.8. The molecule has 1 atom stereocenters. The number of amides is 1. The third-order valence-corrected chi connectivity index (χ3v) is 4.30. The zero-order valence-corrected chi connectivity index (χ0v) is 12.9. The standard InChI is InChI=1S/C12H18ClN3O3S/c1-3-4-11(12(17)15-14-2)16-20(18,19)10-7-5-9(13)6-8-10/h5-8,11,14,16H,3-4H2,1-2H3,(H,15,17). The molecule has 0 aliphatic heterocycles. The van der Waals surface area contributed by atoms with Gasteiger partial charge in [-0.05, 0) is 30.7 Å². The molecule has 0 radical (unpaired) electrons. The first-order chi connectivity index (χ1) is 9.40. The Bertz CT molecular complexity index is 546. The SMILES string of the molecule is CCCC(NS(=O)(=O)c1ccc(Cl)cc1)C(=O)NNC. The number of hydrazine groups is 1. The van der Waals surface area contributed by atoms with Gasteiger partial charge in [0.25, 0.3) is 5.91 Å². The van der Waals surface area contributed by atoms with Crippen molar-refractivity contribution < 1.29 is 13.2 Å². The normalized spacial score (nSPS) is 12.9. The molecule has 0 fully saturated rings. The Morgan fingerprint density at radius 1 is 1.30 bits per heavy atom. The van der Waals surface area contributed by atoms with Crippen LogP contribution in [0.15, 0.2) is 29.2 Å².